The van der Waals surface area contributed by atoms with Crippen molar-refractivity contribution in [2.24, 2.45) is 5.73 Å². The zero-order valence-corrected chi connectivity index (χ0v) is 16.2. The normalized spacial score (nSPS) is 10.6. The number of nitrogens with two attached hydrogens (primary N) is 1. The van der Waals surface area contributed by atoms with E-state index in [9.17, 15) is 0 Å². The van der Waals surface area contributed by atoms with Crippen LogP contribution in [0, 0.1) is 10.8 Å². The molecule has 0 radical (unpaired) electrons. The zero-order chi connectivity index (χ0) is 18.1. The Morgan fingerprint density at radius 3 is 1.60 bits per heavy atom. The molecular weight excluding hydrogens is 346 g/mol. The van der Waals surface area contributed by atoms with Gasteiger partial charge in [-0.25, -0.2) is 0 Å². The van der Waals surface area contributed by atoms with Gasteiger partial charge in [-0.3, -0.25) is 5.41 Å². The van der Waals surface area contributed by atoms with Crippen molar-refractivity contribution in [2.45, 2.75) is 36.0 Å². The molecule has 0 aliphatic carbocycles. The van der Waals surface area contributed by atoms with Crippen LogP contribution >= 0.6 is 23.5 Å². The monoisotopic (exact) mass is 371 g/mol. The third-order valence-corrected chi connectivity index (χ3v) is 5.98. The largest absolute Gasteiger partial charge is 0.384 e. The maximum atomic E-state index is 7.61. The Balaban J connectivity index is 1.57. The predicted molar refractivity (Wildman–Crippen MR) is 112 cm³/mol. The quantitative estimate of drug-likeness (QED) is 0.226. The highest BCUT2D eigenvalue weighted by molar-refractivity contribution is 7.99. The van der Waals surface area contributed by atoms with Gasteiger partial charge in [0.25, 0.3) is 0 Å². The van der Waals surface area contributed by atoms with Crippen molar-refractivity contribution >= 4 is 35.1 Å². The van der Waals surface area contributed by atoms with Crippen molar-refractivity contribution < 1.29 is 0 Å². The molecule has 2 aromatic carbocycles. The molecule has 4 N–H and O–H groups in total. The van der Waals surface area contributed by atoms with Crippen LogP contribution in [0.5, 0.6) is 0 Å². The van der Waals surface area contributed by atoms with Crippen molar-refractivity contribution in [3.8, 4) is 0 Å². The maximum Gasteiger partial charge on any atom is 0.122 e. The van der Waals surface area contributed by atoms with Crippen LogP contribution in [-0.2, 0) is 0 Å². The maximum absolute atomic E-state index is 7.61. The fourth-order valence-corrected chi connectivity index (χ4v) is 4.12. The highest BCUT2D eigenvalue weighted by Gasteiger charge is 1.99. The summed E-state index contributed by atoms with van der Waals surface area (Å²) < 4.78 is 0. The minimum absolute atomic E-state index is 0.122. The fourth-order valence-electron chi connectivity index (χ4n) is 2.29. The summed E-state index contributed by atoms with van der Waals surface area (Å²) in [7, 11) is 0. The first-order valence-corrected chi connectivity index (χ1v) is 10.4. The fraction of sp³-hybridized carbons (Fsp3) is 0.300. The molecule has 25 heavy (non-hydrogen) atoms. The van der Waals surface area contributed by atoms with Crippen LogP contribution in [0.1, 0.15) is 37.3 Å². The van der Waals surface area contributed by atoms with Crippen molar-refractivity contribution in [1.82, 2.24) is 0 Å². The second-order valence-electron chi connectivity index (χ2n) is 5.85. The molecule has 0 saturated heterocycles. The Labute approximate surface area is 158 Å². The number of nitrogens with one attached hydrogen (secondary N) is 2. The van der Waals surface area contributed by atoms with Crippen molar-refractivity contribution in [1.29, 1.82) is 10.8 Å². The molecule has 0 aromatic heterocycles. The summed E-state index contributed by atoms with van der Waals surface area (Å²) in [5, 5.41) is 15.0. The Morgan fingerprint density at radius 2 is 1.20 bits per heavy atom. The van der Waals surface area contributed by atoms with Gasteiger partial charge in [0, 0.05) is 21.1 Å². The third-order valence-electron chi connectivity index (χ3n) is 3.78. The minimum Gasteiger partial charge on any atom is -0.384 e. The summed E-state index contributed by atoms with van der Waals surface area (Å²) in [5.74, 6) is 2.38. The first-order valence-electron chi connectivity index (χ1n) is 8.42. The number of hydrogen-bond acceptors (Lipinski definition) is 4. The van der Waals surface area contributed by atoms with Gasteiger partial charge in [-0.2, -0.15) is 0 Å². The second-order valence-corrected chi connectivity index (χ2v) is 8.18. The van der Waals surface area contributed by atoms with E-state index in [0.717, 1.165) is 22.6 Å². The third kappa shape index (κ3) is 6.96. The lowest BCUT2D eigenvalue weighted by molar-refractivity contribution is 0.785. The summed E-state index contributed by atoms with van der Waals surface area (Å²) in [6, 6.07) is 16.2. The molecule has 0 amide bonds. The van der Waals surface area contributed by atoms with Crippen LogP contribution in [0.3, 0.4) is 0 Å². The summed E-state index contributed by atoms with van der Waals surface area (Å²) in [5.41, 5.74) is 7.86. The molecule has 3 nitrogen and oxygen atoms in total. The highest BCUT2D eigenvalue weighted by atomic mass is 32.2. The molecule has 0 fully saturated rings. The number of amidine groups is 1. The predicted octanol–water partition coefficient (Wildman–Crippen LogP) is 5.41. The Hall–Kier alpha value is -1.72. The Morgan fingerprint density at radius 1 is 0.760 bits per heavy atom. The molecule has 5 heteroatoms. The van der Waals surface area contributed by atoms with Gasteiger partial charge in [0.15, 0.2) is 0 Å². The van der Waals surface area contributed by atoms with Gasteiger partial charge in [-0.05, 0) is 61.1 Å². The molecule has 0 heterocycles. The van der Waals surface area contributed by atoms with Crippen molar-refractivity contribution in [3.05, 3.63) is 59.7 Å². The number of rotatable bonds is 10. The van der Waals surface area contributed by atoms with Crippen molar-refractivity contribution in [2.75, 3.05) is 11.5 Å². The van der Waals surface area contributed by atoms with Crippen LogP contribution in [0.4, 0.5) is 0 Å². The molecule has 0 unspecified atom stereocenters. The van der Waals surface area contributed by atoms with E-state index in [2.05, 4.69) is 12.1 Å². The van der Waals surface area contributed by atoms with E-state index in [1.54, 1.807) is 0 Å². The Kier molecular flexibility index (Phi) is 8.09. The number of thioether (sulfide) groups is 2. The molecule has 0 saturated carbocycles. The van der Waals surface area contributed by atoms with Gasteiger partial charge >= 0.3 is 0 Å². The highest BCUT2D eigenvalue weighted by Crippen LogP contribution is 2.22. The van der Waals surface area contributed by atoms with E-state index in [-0.39, 0.29) is 5.84 Å². The lowest BCUT2D eigenvalue weighted by atomic mass is 10.1. The summed E-state index contributed by atoms with van der Waals surface area (Å²) in [6.45, 7) is 1.82. The topological polar surface area (TPSA) is 73.7 Å². The van der Waals surface area contributed by atoms with E-state index < -0.39 is 0 Å². The SMILES string of the molecule is CC(=N)c1ccc(SCCCCCSc2ccc(C(=N)N)cc2)cc1. The molecule has 0 aliphatic rings. The van der Waals surface area contributed by atoms with Crippen LogP contribution in [0.15, 0.2) is 58.3 Å². The first kappa shape index (κ1) is 19.6. The minimum atomic E-state index is 0.122. The second kappa shape index (κ2) is 10.3. The molecule has 2 rings (SSSR count). The van der Waals surface area contributed by atoms with E-state index >= 15 is 0 Å². The first-order chi connectivity index (χ1) is 12.1. The Bertz CT molecular complexity index is 632. The van der Waals surface area contributed by atoms with Gasteiger partial charge in [0.2, 0.25) is 0 Å². The van der Waals surface area contributed by atoms with Crippen molar-refractivity contribution in [3.63, 3.8) is 0 Å². The van der Waals surface area contributed by atoms with Gasteiger partial charge in [0.1, 0.15) is 5.84 Å². The van der Waals surface area contributed by atoms with Gasteiger partial charge in [-0.1, -0.05) is 30.7 Å². The van der Waals surface area contributed by atoms with Crippen LogP contribution < -0.4 is 5.73 Å². The lowest BCUT2D eigenvalue weighted by Crippen LogP contribution is -2.10. The number of benzene rings is 2. The van der Waals surface area contributed by atoms with Gasteiger partial charge < -0.3 is 11.1 Å². The molecular formula is C20H25N3S2. The number of hydrogen-bond donors (Lipinski definition) is 3. The summed E-state index contributed by atoms with van der Waals surface area (Å²) >= 11 is 3.75. The average Bonchev–Trinajstić information content (AvgIpc) is 2.61. The molecule has 132 valence electrons. The van der Waals surface area contributed by atoms with E-state index in [4.69, 9.17) is 16.6 Å². The molecule has 0 aliphatic heterocycles. The van der Waals surface area contributed by atoms with Crippen LogP contribution in [-0.4, -0.2) is 23.1 Å². The van der Waals surface area contributed by atoms with E-state index in [1.807, 2.05) is 66.8 Å². The summed E-state index contributed by atoms with van der Waals surface area (Å²) in [4.78, 5) is 2.52. The van der Waals surface area contributed by atoms with Gasteiger partial charge in [-0.15, -0.1) is 23.5 Å². The summed E-state index contributed by atoms with van der Waals surface area (Å²) in [6.07, 6.45) is 3.68. The van der Waals surface area contributed by atoms with Crippen LogP contribution in [0.25, 0.3) is 0 Å². The van der Waals surface area contributed by atoms with E-state index in [1.165, 1.54) is 29.1 Å². The standard InChI is InChI=1S/C20H25N3S2/c1-15(21)16-5-9-18(10-6-16)24-13-3-2-4-14-25-19-11-7-17(8-12-19)20(22)23/h5-12,21H,2-4,13-14H2,1H3,(H3,22,23). The zero-order valence-electron chi connectivity index (χ0n) is 14.5. The molecule has 0 spiro atoms. The lowest BCUT2D eigenvalue weighted by Gasteiger charge is -2.05. The number of nitrogen functional groups attached to an aromatic ring is 1. The number of unbranched alkanes of at least 4 members (excludes halogenated alkanes) is 2. The molecule has 0 atom stereocenters. The van der Waals surface area contributed by atoms with Crippen LogP contribution in [0.2, 0.25) is 0 Å². The average molecular weight is 372 g/mol. The smallest absolute Gasteiger partial charge is 0.122 e. The van der Waals surface area contributed by atoms with E-state index in [0.29, 0.717) is 5.71 Å². The van der Waals surface area contributed by atoms with Gasteiger partial charge in [0.05, 0.1) is 0 Å². The molecule has 0 bridgehead atoms. The molecule has 2 aromatic rings.